The SMILES string of the molecule is CC(C)(C)c1cc2c3c(c1)Sc1c(ccc4c1oc1ccccc14)B3c1ccc3c(oc4ccccc43)c1S2. The molecule has 0 atom stereocenters. The Bertz CT molecular complexity index is 2040. The Morgan fingerprint density at radius 1 is 0.590 bits per heavy atom. The molecule has 0 unspecified atom stereocenters. The Morgan fingerprint density at radius 3 is 1.56 bits per heavy atom. The van der Waals surface area contributed by atoms with Gasteiger partial charge in [-0.25, -0.2) is 0 Å². The third-order valence-electron chi connectivity index (χ3n) is 8.37. The fraction of sp³-hybridized carbons (Fsp3) is 0.118. The normalized spacial score (nSPS) is 14.3. The molecule has 2 aromatic heterocycles. The van der Waals surface area contributed by atoms with Crippen LogP contribution in [0.5, 0.6) is 0 Å². The lowest BCUT2D eigenvalue weighted by atomic mass is 9.36. The van der Waals surface area contributed by atoms with Crippen molar-refractivity contribution in [1.29, 1.82) is 0 Å². The van der Waals surface area contributed by atoms with E-state index in [4.69, 9.17) is 8.83 Å². The third-order valence-corrected chi connectivity index (χ3v) is 10.7. The first-order valence-corrected chi connectivity index (χ1v) is 15.0. The van der Waals surface area contributed by atoms with Crippen molar-refractivity contribution in [1.82, 2.24) is 0 Å². The van der Waals surface area contributed by atoms with Gasteiger partial charge in [0.15, 0.2) is 0 Å². The Labute approximate surface area is 234 Å². The van der Waals surface area contributed by atoms with Crippen molar-refractivity contribution >= 4 is 90.5 Å². The summed E-state index contributed by atoms with van der Waals surface area (Å²) < 4.78 is 13.1. The highest BCUT2D eigenvalue weighted by atomic mass is 32.2. The minimum atomic E-state index is 0.0411. The van der Waals surface area contributed by atoms with Gasteiger partial charge in [-0.15, -0.1) is 0 Å². The number of rotatable bonds is 0. The summed E-state index contributed by atoms with van der Waals surface area (Å²) in [5.74, 6) is 0. The van der Waals surface area contributed by atoms with Gasteiger partial charge < -0.3 is 8.83 Å². The summed E-state index contributed by atoms with van der Waals surface area (Å²) in [6, 6.07) is 30.8. The Kier molecular flexibility index (Phi) is 4.32. The van der Waals surface area contributed by atoms with E-state index in [1.807, 2.05) is 23.5 Å². The van der Waals surface area contributed by atoms with Crippen molar-refractivity contribution in [2.45, 2.75) is 45.8 Å². The molecule has 2 aliphatic heterocycles. The summed E-state index contributed by atoms with van der Waals surface area (Å²) in [7, 11) is 0. The standard InChI is InChI=1S/C34H23BO2S2/c1-34(2,3)18-16-27-29-28(17-18)39-33-24(15-13-22-20-9-5-7-11-26(20)37-31(22)33)35(29)23-14-12-21-19-8-4-6-10-25(19)36-30(21)32(23)38-27/h4-17H,1-3H3. The maximum Gasteiger partial charge on any atom is 0.247 e. The van der Waals surface area contributed by atoms with Gasteiger partial charge in [-0.2, -0.15) is 0 Å². The number of benzene rings is 5. The van der Waals surface area contributed by atoms with Crippen LogP contribution in [0.1, 0.15) is 26.3 Å². The average Bonchev–Trinajstić information content (AvgIpc) is 3.51. The van der Waals surface area contributed by atoms with Gasteiger partial charge in [0.2, 0.25) is 6.71 Å². The molecule has 39 heavy (non-hydrogen) atoms. The van der Waals surface area contributed by atoms with Gasteiger partial charge in [-0.05, 0) is 40.7 Å². The molecule has 0 saturated carbocycles. The fourth-order valence-corrected chi connectivity index (χ4v) is 9.06. The molecule has 0 saturated heterocycles. The van der Waals surface area contributed by atoms with Crippen LogP contribution in [0, 0.1) is 0 Å². The summed E-state index contributed by atoms with van der Waals surface area (Å²) in [4.78, 5) is 5.15. The second kappa shape index (κ2) is 7.56. The number of hydrogen-bond donors (Lipinski definition) is 0. The van der Waals surface area contributed by atoms with Gasteiger partial charge in [0.05, 0.1) is 9.79 Å². The zero-order chi connectivity index (χ0) is 26.0. The van der Waals surface area contributed by atoms with Gasteiger partial charge >= 0.3 is 0 Å². The molecular formula is C34H23BO2S2. The lowest BCUT2D eigenvalue weighted by Gasteiger charge is -2.34. The topological polar surface area (TPSA) is 26.3 Å². The molecule has 0 aliphatic carbocycles. The van der Waals surface area contributed by atoms with Crippen LogP contribution in [0.2, 0.25) is 0 Å². The van der Waals surface area contributed by atoms with Crippen LogP contribution >= 0.6 is 23.5 Å². The first kappa shape index (κ1) is 22.3. The number of hydrogen-bond acceptors (Lipinski definition) is 4. The van der Waals surface area contributed by atoms with Crippen molar-refractivity contribution in [3.63, 3.8) is 0 Å². The smallest absolute Gasteiger partial charge is 0.247 e. The van der Waals surface area contributed by atoms with Gasteiger partial charge in [0.25, 0.3) is 0 Å². The molecule has 0 N–H and O–H groups in total. The second-order valence-electron chi connectivity index (χ2n) is 11.7. The van der Waals surface area contributed by atoms with E-state index in [0.717, 1.165) is 22.3 Å². The van der Waals surface area contributed by atoms with Gasteiger partial charge in [-0.1, -0.05) is 116 Å². The summed E-state index contributed by atoms with van der Waals surface area (Å²) >= 11 is 3.75. The average molecular weight is 539 g/mol. The van der Waals surface area contributed by atoms with Crippen molar-refractivity contribution < 1.29 is 8.83 Å². The minimum absolute atomic E-state index is 0.0411. The zero-order valence-electron chi connectivity index (χ0n) is 21.8. The molecule has 0 fully saturated rings. The predicted octanol–water partition coefficient (Wildman–Crippen LogP) is 8.23. The predicted molar refractivity (Wildman–Crippen MR) is 165 cm³/mol. The molecule has 4 heterocycles. The molecule has 0 spiro atoms. The number of fused-ring (bicyclic) bond motifs is 12. The van der Waals surface area contributed by atoms with E-state index in [9.17, 15) is 0 Å². The quantitative estimate of drug-likeness (QED) is 0.182. The summed E-state index contributed by atoms with van der Waals surface area (Å²) in [6.07, 6.45) is 0. The van der Waals surface area contributed by atoms with Crippen LogP contribution in [0.15, 0.2) is 113 Å². The van der Waals surface area contributed by atoms with E-state index < -0.39 is 0 Å². The molecule has 2 nitrogen and oxygen atoms in total. The number of furan rings is 2. The first-order chi connectivity index (χ1) is 19.0. The van der Waals surface area contributed by atoms with Crippen molar-refractivity contribution in [2.75, 3.05) is 0 Å². The molecule has 0 amide bonds. The van der Waals surface area contributed by atoms with E-state index in [1.54, 1.807) is 0 Å². The highest BCUT2D eigenvalue weighted by Crippen LogP contribution is 2.46. The summed E-state index contributed by atoms with van der Waals surface area (Å²) in [5.41, 5.74) is 9.34. The zero-order valence-corrected chi connectivity index (χ0v) is 23.4. The van der Waals surface area contributed by atoms with Crippen LogP contribution in [0.3, 0.4) is 0 Å². The molecule has 5 aromatic carbocycles. The Balaban J connectivity index is 1.39. The lowest BCUT2D eigenvalue weighted by Crippen LogP contribution is -2.58. The van der Waals surface area contributed by atoms with Crippen LogP contribution in [-0.2, 0) is 5.41 Å². The molecule has 2 aliphatic rings. The number of para-hydroxylation sites is 2. The minimum Gasteiger partial charge on any atom is -0.455 e. The highest BCUT2D eigenvalue weighted by molar-refractivity contribution is 8.01. The Morgan fingerprint density at radius 2 is 1.08 bits per heavy atom. The molecule has 0 radical (unpaired) electrons. The van der Waals surface area contributed by atoms with Crippen LogP contribution in [0.25, 0.3) is 43.9 Å². The van der Waals surface area contributed by atoms with E-state index >= 15 is 0 Å². The highest BCUT2D eigenvalue weighted by Gasteiger charge is 2.41. The van der Waals surface area contributed by atoms with E-state index in [2.05, 4.69) is 106 Å². The molecule has 5 heteroatoms. The first-order valence-electron chi connectivity index (χ1n) is 13.4. The van der Waals surface area contributed by atoms with Crippen LogP contribution in [0.4, 0.5) is 0 Å². The summed E-state index contributed by atoms with van der Waals surface area (Å²) in [6.45, 7) is 7.04. The molecular weight excluding hydrogens is 515 g/mol. The van der Waals surface area contributed by atoms with E-state index in [-0.39, 0.29) is 12.1 Å². The lowest BCUT2D eigenvalue weighted by molar-refractivity contribution is 0.587. The summed E-state index contributed by atoms with van der Waals surface area (Å²) in [5, 5.41) is 4.72. The Hall–Kier alpha value is -3.54. The van der Waals surface area contributed by atoms with E-state index in [1.165, 1.54) is 63.1 Å². The van der Waals surface area contributed by atoms with Crippen LogP contribution < -0.4 is 16.4 Å². The largest absolute Gasteiger partial charge is 0.455 e. The second-order valence-corrected chi connectivity index (χ2v) is 13.8. The van der Waals surface area contributed by atoms with Gasteiger partial charge in [0.1, 0.15) is 22.3 Å². The van der Waals surface area contributed by atoms with Crippen molar-refractivity contribution in [2.24, 2.45) is 0 Å². The van der Waals surface area contributed by atoms with Crippen molar-refractivity contribution in [3.05, 3.63) is 90.5 Å². The molecule has 186 valence electrons. The molecule has 0 bridgehead atoms. The fourth-order valence-electron chi connectivity index (χ4n) is 6.41. The molecule has 9 rings (SSSR count). The van der Waals surface area contributed by atoms with Gasteiger partial charge in [0, 0.05) is 31.3 Å². The maximum absolute atomic E-state index is 6.56. The van der Waals surface area contributed by atoms with Crippen LogP contribution in [-0.4, -0.2) is 6.71 Å². The van der Waals surface area contributed by atoms with Crippen molar-refractivity contribution in [3.8, 4) is 0 Å². The molecule has 7 aromatic rings. The third kappa shape index (κ3) is 2.98. The monoisotopic (exact) mass is 538 g/mol. The van der Waals surface area contributed by atoms with Gasteiger partial charge in [-0.3, -0.25) is 0 Å². The maximum atomic E-state index is 6.56. The van der Waals surface area contributed by atoms with E-state index in [0.29, 0.717) is 0 Å².